The number of esters is 1. The first-order valence-electron chi connectivity index (χ1n) is 6.67. The Kier molecular flexibility index (Phi) is 7.15. The highest BCUT2D eigenvalue weighted by molar-refractivity contribution is 7.44. The average molecular weight is 318 g/mol. The van der Waals surface area contributed by atoms with Crippen molar-refractivity contribution in [3.05, 3.63) is 24.3 Å². The van der Waals surface area contributed by atoms with Gasteiger partial charge in [-0.1, -0.05) is 14.8 Å². The molecule has 0 aliphatic carbocycles. The summed E-state index contributed by atoms with van der Waals surface area (Å²) in [6.45, 7) is 5.37. The molecule has 1 rings (SSSR count). The largest absolute Gasteiger partial charge is 0.468 e. The minimum Gasteiger partial charge on any atom is -0.468 e. The Morgan fingerprint density at radius 2 is 2.33 bits per heavy atom. The van der Waals surface area contributed by atoms with Crippen LogP contribution in [0.15, 0.2) is 24.3 Å². The van der Waals surface area contributed by atoms with Crippen LogP contribution in [0.2, 0.25) is 0 Å². The van der Waals surface area contributed by atoms with Crippen molar-refractivity contribution in [3.8, 4) is 0 Å². The van der Waals surface area contributed by atoms with Crippen molar-refractivity contribution in [2.45, 2.75) is 25.3 Å². The van der Waals surface area contributed by atoms with Crippen molar-refractivity contribution < 1.29 is 18.3 Å². The van der Waals surface area contributed by atoms with E-state index in [0.717, 1.165) is 6.42 Å². The first-order chi connectivity index (χ1) is 9.95. The maximum absolute atomic E-state index is 13.4. The van der Waals surface area contributed by atoms with Gasteiger partial charge in [0.25, 0.3) is 0 Å². The van der Waals surface area contributed by atoms with E-state index in [-0.39, 0.29) is 12.5 Å². The predicted octanol–water partition coefficient (Wildman–Crippen LogP) is 2.60. The van der Waals surface area contributed by atoms with Gasteiger partial charge in [0.1, 0.15) is 18.0 Å². The van der Waals surface area contributed by atoms with Crippen LogP contribution in [-0.2, 0) is 9.53 Å². The van der Waals surface area contributed by atoms with Gasteiger partial charge in [0.15, 0.2) is 0 Å². The van der Waals surface area contributed by atoms with Crippen LogP contribution in [-0.4, -0.2) is 48.7 Å². The zero-order valence-corrected chi connectivity index (χ0v) is 13.3. The third-order valence-electron chi connectivity index (χ3n) is 3.44. The molecular formula is C14H21F2N2O2P. The fourth-order valence-electron chi connectivity index (χ4n) is 2.21. The van der Waals surface area contributed by atoms with Gasteiger partial charge in [-0.3, -0.25) is 4.79 Å². The van der Waals surface area contributed by atoms with Crippen LogP contribution in [0.25, 0.3) is 0 Å². The number of methoxy groups -OCH3 is 1. The van der Waals surface area contributed by atoms with Crippen molar-refractivity contribution in [2.24, 2.45) is 0 Å². The van der Waals surface area contributed by atoms with Crippen molar-refractivity contribution in [1.29, 1.82) is 0 Å². The predicted molar refractivity (Wildman–Crippen MR) is 81.7 cm³/mol. The zero-order chi connectivity index (χ0) is 15.9. The summed E-state index contributed by atoms with van der Waals surface area (Å²) >= 11 is 0. The van der Waals surface area contributed by atoms with Gasteiger partial charge in [-0.15, -0.1) is 0 Å². The smallest absolute Gasteiger partial charge is 0.327 e. The van der Waals surface area contributed by atoms with Crippen LogP contribution >= 0.6 is 8.20 Å². The second kappa shape index (κ2) is 8.37. The Labute approximate surface area is 125 Å². The SMILES string of the molecule is C=C(F)/C(CNN1CCC[C@]1(C)C(=O)OC)=P\C=C/CF. The molecule has 4 nitrogen and oxygen atoms in total. The van der Waals surface area contributed by atoms with E-state index in [4.69, 9.17) is 4.74 Å². The van der Waals surface area contributed by atoms with Gasteiger partial charge < -0.3 is 4.74 Å². The number of halogens is 2. The Morgan fingerprint density at radius 1 is 1.62 bits per heavy atom. The number of nitrogens with zero attached hydrogens (tertiary/aromatic N) is 1. The second-order valence-electron chi connectivity index (χ2n) is 4.88. The number of hydrogen-bond donors (Lipinski definition) is 1. The molecular weight excluding hydrogens is 297 g/mol. The summed E-state index contributed by atoms with van der Waals surface area (Å²) < 4.78 is 30.2. The molecule has 1 atom stereocenters. The van der Waals surface area contributed by atoms with Gasteiger partial charge in [0, 0.05) is 18.4 Å². The number of rotatable bonds is 7. The van der Waals surface area contributed by atoms with Gasteiger partial charge in [0.2, 0.25) is 0 Å². The molecule has 0 bridgehead atoms. The van der Waals surface area contributed by atoms with E-state index < -0.39 is 18.0 Å². The van der Waals surface area contributed by atoms with E-state index in [9.17, 15) is 13.6 Å². The highest BCUT2D eigenvalue weighted by atomic mass is 31.1. The van der Waals surface area contributed by atoms with Gasteiger partial charge in [-0.25, -0.2) is 19.2 Å². The van der Waals surface area contributed by atoms with Gasteiger partial charge in [-0.2, -0.15) is 0 Å². The molecule has 0 aromatic rings. The molecule has 1 aliphatic heterocycles. The molecule has 1 N–H and O–H groups in total. The molecule has 1 aliphatic rings. The van der Waals surface area contributed by atoms with Crippen LogP contribution in [0.4, 0.5) is 8.78 Å². The van der Waals surface area contributed by atoms with E-state index in [1.807, 2.05) is 0 Å². The monoisotopic (exact) mass is 318 g/mol. The van der Waals surface area contributed by atoms with Crippen molar-refractivity contribution in [3.63, 3.8) is 0 Å². The molecule has 0 saturated carbocycles. The van der Waals surface area contributed by atoms with Gasteiger partial charge in [-0.05, 0) is 31.7 Å². The molecule has 0 aromatic heterocycles. The van der Waals surface area contributed by atoms with Crippen LogP contribution in [0.3, 0.4) is 0 Å². The van der Waals surface area contributed by atoms with E-state index in [1.54, 1.807) is 11.9 Å². The molecule has 1 saturated heterocycles. The standard InChI is InChI=1S/C14H21F2N2O2P/c1-11(16)12(21-9-5-7-15)10-17-18-8-4-6-14(18,2)13(19)20-3/h5,9,17H,1,4,6-8,10H2,2-3H3/b9-5-/t14-/m1/s1. The minimum atomic E-state index is -0.747. The molecule has 0 unspecified atom stereocenters. The maximum Gasteiger partial charge on any atom is 0.327 e. The maximum atomic E-state index is 13.4. The van der Waals surface area contributed by atoms with E-state index in [2.05, 4.69) is 12.0 Å². The highest BCUT2D eigenvalue weighted by Crippen LogP contribution is 2.28. The van der Waals surface area contributed by atoms with E-state index in [1.165, 1.54) is 19.0 Å². The summed E-state index contributed by atoms with van der Waals surface area (Å²) in [7, 11) is 1.90. The van der Waals surface area contributed by atoms with Crippen LogP contribution in [0.1, 0.15) is 19.8 Å². The number of hydrogen-bond acceptors (Lipinski definition) is 4. The lowest BCUT2D eigenvalue weighted by molar-refractivity contribution is -0.154. The van der Waals surface area contributed by atoms with Crippen molar-refractivity contribution >= 4 is 19.5 Å². The number of hydrazine groups is 1. The lowest BCUT2D eigenvalue weighted by Crippen LogP contribution is -2.55. The third-order valence-corrected chi connectivity index (χ3v) is 4.51. The molecule has 21 heavy (non-hydrogen) atoms. The van der Waals surface area contributed by atoms with Gasteiger partial charge in [0.05, 0.1) is 7.11 Å². The summed E-state index contributed by atoms with van der Waals surface area (Å²) in [6.07, 6.45) is 2.85. The van der Waals surface area contributed by atoms with Crippen LogP contribution < -0.4 is 5.43 Å². The number of alkyl halides is 1. The number of allylic oxidation sites excluding steroid dienone is 1. The topological polar surface area (TPSA) is 41.6 Å². The molecule has 1 fully saturated rings. The lowest BCUT2D eigenvalue weighted by Gasteiger charge is -2.32. The first-order valence-corrected chi connectivity index (χ1v) is 7.64. The average Bonchev–Trinajstić information content (AvgIpc) is 2.83. The Bertz CT molecular complexity index is 454. The fourth-order valence-corrected chi connectivity index (χ4v) is 2.88. The summed E-state index contributed by atoms with van der Waals surface area (Å²) in [5.41, 5.74) is 2.31. The van der Waals surface area contributed by atoms with Crippen molar-refractivity contribution in [1.82, 2.24) is 10.4 Å². The van der Waals surface area contributed by atoms with Gasteiger partial charge >= 0.3 is 5.97 Å². The normalized spacial score (nSPS) is 23.7. The Balaban J connectivity index is 2.71. The number of carbonyl (C=O) groups is 1. The lowest BCUT2D eigenvalue weighted by atomic mass is 10.0. The third kappa shape index (κ3) is 4.70. The Hall–Kier alpha value is -1.10. The Morgan fingerprint density at radius 3 is 2.90 bits per heavy atom. The first kappa shape index (κ1) is 18.0. The van der Waals surface area contributed by atoms with Crippen molar-refractivity contribution in [2.75, 3.05) is 26.9 Å². The molecule has 7 heteroatoms. The number of carbonyl (C=O) groups excluding carboxylic acids is 1. The summed E-state index contributed by atoms with van der Waals surface area (Å²) in [5.74, 6) is 0.667. The van der Waals surface area contributed by atoms with E-state index in [0.29, 0.717) is 26.5 Å². The molecule has 0 aromatic carbocycles. The number of ether oxygens (including phenoxy) is 1. The van der Waals surface area contributed by atoms with E-state index >= 15 is 0 Å². The second-order valence-corrected chi connectivity index (χ2v) is 5.97. The van der Waals surface area contributed by atoms with Crippen LogP contribution in [0.5, 0.6) is 0 Å². The molecule has 0 radical (unpaired) electrons. The molecule has 118 valence electrons. The highest BCUT2D eigenvalue weighted by Gasteiger charge is 2.44. The summed E-state index contributed by atoms with van der Waals surface area (Å²) in [4.78, 5) is 11.9. The number of nitrogens with one attached hydrogen (secondary N) is 1. The quantitative estimate of drug-likeness (QED) is 0.579. The minimum absolute atomic E-state index is 0.208. The zero-order valence-electron chi connectivity index (χ0n) is 12.4. The molecule has 0 spiro atoms. The fraction of sp³-hybridized carbons (Fsp3) is 0.571. The summed E-state index contributed by atoms with van der Waals surface area (Å²) in [6, 6.07) is 0. The summed E-state index contributed by atoms with van der Waals surface area (Å²) in [5, 5.41) is 2.18. The van der Waals surface area contributed by atoms with Crippen LogP contribution in [0, 0.1) is 0 Å². The molecule has 1 heterocycles. The molecule has 0 amide bonds.